The Morgan fingerprint density at radius 1 is 1.17 bits per heavy atom. The fraction of sp³-hybridized carbons (Fsp3) is 0.667. The molecule has 0 aliphatic heterocycles. The highest BCUT2D eigenvalue weighted by molar-refractivity contribution is 7.80. The molecule has 0 saturated carbocycles. The van der Waals surface area contributed by atoms with Crippen LogP contribution in [-0.2, 0) is 14.4 Å². The fourth-order valence-corrected chi connectivity index (χ4v) is 3.13. The third-order valence-corrected chi connectivity index (χ3v) is 4.81. The Kier molecular flexibility index (Phi) is 13.3. The van der Waals surface area contributed by atoms with E-state index in [4.69, 9.17) is 5.11 Å². The zero-order valence-corrected chi connectivity index (χ0v) is 19.3. The summed E-state index contributed by atoms with van der Waals surface area (Å²) < 4.78 is 0.496. The number of amides is 2. The second-order valence-electron chi connectivity index (χ2n) is 7.95. The van der Waals surface area contributed by atoms with Gasteiger partial charge in [0, 0.05) is 37.7 Å². The number of hydrogen-bond acceptors (Lipinski definition) is 4. The van der Waals surface area contributed by atoms with Crippen LogP contribution in [0.15, 0.2) is 23.9 Å². The zero-order valence-electron chi connectivity index (χ0n) is 18.4. The quantitative estimate of drug-likeness (QED) is 0.162. The number of carbonyl (C=O) groups excluding carboxylic acids is 2. The first-order valence-corrected chi connectivity index (χ1v) is 10.8. The first-order valence-electron chi connectivity index (χ1n) is 10.1. The maximum Gasteiger partial charge on any atom is 0.336 e. The van der Waals surface area contributed by atoms with Crippen molar-refractivity contribution in [3.63, 3.8) is 0 Å². The predicted octanol–water partition coefficient (Wildman–Crippen LogP) is 2.45. The molecule has 0 saturated heterocycles. The SMILES string of the molecule is C=C(C[N+](C)(C)CCCN(CCC)C(=O)C(C)=CNC(=O)CCCCS)C(=O)O. The molecule has 2 N–H and O–H groups in total. The van der Waals surface area contributed by atoms with E-state index >= 15 is 0 Å². The van der Waals surface area contributed by atoms with Gasteiger partial charge in [0.1, 0.15) is 6.54 Å². The van der Waals surface area contributed by atoms with Crippen LogP contribution in [0.3, 0.4) is 0 Å². The standard InChI is InChI=1S/C21H37N3O4S/c1-6-11-23(12-9-13-24(4,5)16-18(3)21(27)28)20(26)17(2)15-22-19(25)10-7-8-14-29/h15H,3,6-14,16H2,1-2,4-5H3,(H2-,22,25,27,28,29)/p+1. The lowest BCUT2D eigenvalue weighted by Crippen LogP contribution is -2.44. The number of quaternary nitrogens is 1. The van der Waals surface area contributed by atoms with Gasteiger partial charge in [0.25, 0.3) is 5.91 Å². The summed E-state index contributed by atoms with van der Waals surface area (Å²) in [5, 5.41) is 11.7. The summed E-state index contributed by atoms with van der Waals surface area (Å²) in [6, 6.07) is 0. The number of thiol groups is 1. The average molecular weight is 429 g/mol. The van der Waals surface area contributed by atoms with Gasteiger partial charge in [0.2, 0.25) is 5.91 Å². The summed E-state index contributed by atoms with van der Waals surface area (Å²) in [4.78, 5) is 37.3. The van der Waals surface area contributed by atoms with Gasteiger partial charge in [-0.1, -0.05) is 13.5 Å². The largest absolute Gasteiger partial charge is 0.478 e. The number of carboxylic acids is 1. The highest BCUT2D eigenvalue weighted by Crippen LogP contribution is 2.08. The van der Waals surface area contributed by atoms with Crippen LogP contribution in [-0.4, -0.2) is 78.3 Å². The van der Waals surface area contributed by atoms with Gasteiger partial charge < -0.3 is 19.8 Å². The smallest absolute Gasteiger partial charge is 0.336 e. The molecular weight excluding hydrogens is 390 g/mol. The summed E-state index contributed by atoms with van der Waals surface area (Å²) >= 11 is 4.12. The molecule has 0 spiro atoms. The van der Waals surface area contributed by atoms with Gasteiger partial charge >= 0.3 is 5.97 Å². The van der Waals surface area contributed by atoms with E-state index in [0.29, 0.717) is 36.1 Å². The molecule has 0 aliphatic carbocycles. The Bertz CT molecular complexity index is 603. The molecule has 0 aliphatic rings. The molecule has 0 fully saturated rings. The van der Waals surface area contributed by atoms with Crippen molar-refractivity contribution in [3.05, 3.63) is 23.9 Å². The van der Waals surface area contributed by atoms with Crippen LogP contribution in [0.4, 0.5) is 0 Å². The molecule has 0 radical (unpaired) electrons. The summed E-state index contributed by atoms with van der Waals surface area (Å²) in [6.07, 6.45) is 5.16. The van der Waals surface area contributed by atoms with E-state index in [1.165, 1.54) is 6.20 Å². The number of rotatable bonds is 15. The topological polar surface area (TPSA) is 86.7 Å². The lowest BCUT2D eigenvalue weighted by molar-refractivity contribution is -0.885. The molecule has 29 heavy (non-hydrogen) atoms. The van der Waals surface area contributed by atoms with Gasteiger partial charge in [0.15, 0.2) is 0 Å². The van der Waals surface area contributed by atoms with E-state index in [1.807, 2.05) is 21.0 Å². The normalized spacial score (nSPS) is 11.8. The number of carbonyl (C=O) groups is 3. The number of likely N-dealkylation sites (N-methyl/N-ethyl adjacent to an activating group) is 1. The Hall–Kier alpha value is -1.80. The molecule has 0 aromatic heterocycles. The first kappa shape index (κ1) is 27.2. The maximum atomic E-state index is 12.7. The van der Waals surface area contributed by atoms with Crippen molar-refractivity contribution < 1.29 is 24.0 Å². The summed E-state index contributed by atoms with van der Waals surface area (Å²) in [7, 11) is 3.91. The molecule has 0 bridgehead atoms. The Morgan fingerprint density at radius 3 is 2.38 bits per heavy atom. The number of carboxylic acid groups (broad SMARTS) is 1. The Labute approximate surface area is 180 Å². The number of unbranched alkanes of at least 4 members (excludes halogenated alkanes) is 1. The van der Waals surface area contributed by atoms with Crippen molar-refractivity contribution in [2.45, 2.75) is 46.0 Å². The van der Waals surface area contributed by atoms with E-state index in [-0.39, 0.29) is 17.4 Å². The van der Waals surface area contributed by atoms with E-state index in [1.54, 1.807) is 11.8 Å². The van der Waals surface area contributed by atoms with Crippen LogP contribution in [0.2, 0.25) is 0 Å². The zero-order chi connectivity index (χ0) is 22.4. The first-order chi connectivity index (χ1) is 13.5. The van der Waals surface area contributed by atoms with Gasteiger partial charge in [-0.15, -0.1) is 0 Å². The third-order valence-electron chi connectivity index (χ3n) is 4.49. The molecule has 2 amide bonds. The molecule has 0 aromatic rings. The van der Waals surface area contributed by atoms with Crippen LogP contribution >= 0.6 is 12.6 Å². The lowest BCUT2D eigenvalue weighted by atomic mass is 10.2. The van der Waals surface area contributed by atoms with Crippen LogP contribution in [0.1, 0.15) is 46.0 Å². The van der Waals surface area contributed by atoms with Crippen molar-refractivity contribution in [1.29, 1.82) is 0 Å². The number of nitrogens with zero attached hydrogens (tertiary/aromatic N) is 2. The molecule has 0 rings (SSSR count). The number of nitrogens with one attached hydrogen (secondary N) is 1. The van der Waals surface area contributed by atoms with Gasteiger partial charge in [-0.3, -0.25) is 9.59 Å². The van der Waals surface area contributed by atoms with Gasteiger partial charge in [-0.05, 0) is 31.9 Å². The van der Waals surface area contributed by atoms with Crippen molar-refractivity contribution in [3.8, 4) is 0 Å². The van der Waals surface area contributed by atoms with Crippen LogP contribution in [0.25, 0.3) is 0 Å². The van der Waals surface area contributed by atoms with Crippen LogP contribution in [0.5, 0.6) is 0 Å². The molecule has 0 aromatic carbocycles. The minimum atomic E-state index is -0.979. The van der Waals surface area contributed by atoms with Crippen LogP contribution in [0, 0.1) is 0 Å². The van der Waals surface area contributed by atoms with Crippen molar-refractivity contribution >= 4 is 30.4 Å². The molecule has 166 valence electrons. The van der Waals surface area contributed by atoms with Crippen molar-refractivity contribution in [2.75, 3.05) is 46.0 Å². The molecule has 7 nitrogen and oxygen atoms in total. The summed E-state index contributed by atoms with van der Waals surface area (Å²) in [5.41, 5.74) is 0.675. The third kappa shape index (κ3) is 12.4. The number of hydrogen-bond donors (Lipinski definition) is 3. The Morgan fingerprint density at radius 2 is 1.83 bits per heavy atom. The average Bonchev–Trinajstić information content (AvgIpc) is 2.64. The van der Waals surface area contributed by atoms with Gasteiger partial charge in [-0.2, -0.15) is 12.6 Å². The monoisotopic (exact) mass is 428 g/mol. The van der Waals surface area contributed by atoms with Gasteiger partial charge in [-0.25, -0.2) is 4.79 Å². The minimum absolute atomic E-state index is 0.0947. The van der Waals surface area contributed by atoms with E-state index in [9.17, 15) is 14.4 Å². The van der Waals surface area contributed by atoms with E-state index < -0.39 is 5.97 Å². The highest BCUT2D eigenvalue weighted by atomic mass is 32.1. The van der Waals surface area contributed by atoms with Crippen molar-refractivity contribution in [2.24, 2.45) is 0 Å². The summed E-state index contributed by atoms with van der Waals surface area (Å²) in [6.45, 7) is 9.61. The second-order valence-corrected chi connectivity index (χ2v) is 8.39. The highest BCUT2D eigenvalue weighted by Gasteiger charge is 2.21. The van der Waals surface area contributed by atoms with Crippen LogP contribution < -0.4 is 5.32 Å². The minimum Gasteiger partial charge on any atom is -0.478 e. The molecular formula is C21H38N3O4S+. The summed E-state index contributed by atoms with van der Waals surface area (Å²) in [5.74, 6) is -0.416. The van der Waals surface area contributed by atoms with E-state index in [2.05, 4.69) is 24.5 Å². The Balaban J connectivity index is 4.68. The maximum absolute atomic E-state index is 12.7. The molecule has 0 heterocycles. The molecule has 0 unspecified atom stereocenters. The molecule has 0 atom stereocenters. The van der Waals surface area contributed by atoms with Gasteiger partial charge in [0.05, 0.1) is 26.2 Å². The molecule has 8 heteroatoms. The number of aliphatic carboxylic acids is 1. The lowest BCUT2D eigenvalue weighted by Gasteiger charge is -2.31. The second kappa shape index (κ2) is 14.2. The predicted molar refractivity (Wildman–Crippen MR) is 120 cm³/mol. The van der Waals surface area contributed by atoms with Crippen molar-refractivity contribution in [1.82, 2.24) is 10.2 Å². The fourth-order valence-electron chi connectivity index (χ4n) is 2.91. The van der Waals surface area contributed by atoms with E-state index in [0.717, 1.165) is 38.0 Å².